The molecule has 2 aromatic heterocycles. The molecule has 1 fully saturated rings. The molecule has 1 atom stereocenters. The highest BCUT2D eigenvalue weighted by atomic mass is 32.1. The van der Waals surface area contributed by atoms with E-state index >= 15 is 0 Å². The Labute approximate surface area is 150 Å². The Morgan fingerprint density at radius 3 is 2.96 bits per heavy atom. The van der Waals surface area contributed by atoms with Crippen molar-refractivity contribution < 1.29 is 4.79 Å². The first-order chi connectivity index (χ1) is 12.0. The van der Waals surface area contributed by atoms with E-state index in [0.717, 1.165) is 16.2 Å². The number of nitrogens with two attached hydrogens (primary N) is 1. The van der Waals surface area contributed by atoms with Crippen molar-refractivity contribution in [3.8, 4) is 10.7 Å². The number of imidazole rings is 1. The summed E-state index contributed by atoms with van der Waals surface area (Å²) in [4.78, 5) is 24.6. The van der Waals surface area contributed by atoms with Gasteiger partial charge < -0.3 is 10.7 Å². The van der Waals surface area contributed by atoms with Crippen LogP contribution >= 0.6 is 11.3 Å². The summed E-state index contributed by atoms with van der Waals surface area (Å²) in [5, 5.41) is 0. The van der Waals surface area contributed by atoms with Gasteiger partial charge in [0, 0.05) is 17.0 Å². The van der Waals surface area contributed by atoms with Gasteiger partial charge in [0.05, 0.1) is 16.0 Å². The van der Waals surface area contributed by atoms with Crippen molar-refractivity contribution in [2.45, 2.75) is 38.8 Å². The number of aromatic nitrogens is 2. The summed E-state index contributed by atoms with van der Waals surface area (Å²) < 4.78 is 0. The van der Waals surface area contributed by atoms with Crippen molar-refractivity contribution >= 4 is 28.3 Å². The van der Waals surface area contributed by atoms with Crippen LogP contribution < -0.4 is 5.73 Å². The summed E-state index contributed by atoms with van der Waals surface area (Å²) >= 11 is 1.78. The Morgan fingerprint density at radius 1 is 1.36 bits per heavy atom. The SMILES string of the molecule is CC(C)N1CCC[C@@H]1c1ccc(-c2nc3c(C(N)=O)cccc3[nH]2)s1. The number of likely N-dealkylation sites (tertiary alicyclic amines) is 1. The number of para-hydroxylation sites is 1. The highest BCUT2D eigenvalue weighted by molar-refractivity contribution is 7.15. The molecule has 0 unspecified atom stereocenters. The van der Waals surface area contributed by atoms with E-state index < -0.39 is 5.91 Å². The zero-order chi connectivity index (χ0) is 17.6. The van der Waals surface area contributed by atoms with Gasteiger partial charge in [-0.25, -0.2) is 4.98 Å². The summed E-state index contributed by atoms with van der Waals surface area (Å²) in [6.45, 7) is 5.69. The summed E-state index contributed by atoms with van der Waals surface area (Å²) in [5.74, 6) is 0.350. The average Bonchev–Trinajstić information content (AvgIpc) is 3.30. The predicted molar refractivity (Wildman–Crippen MR) is 102 cm³/mol. The van der Waals surface area contributed by atoms with Gasteiger partial charge in [0.15, 0.2) is 0 Å². The number of primary amides is 1. The standard InChI is InChI=1S/C19H22N4OS/c1-11(2)23-10-4-7-14(23)15-8-9-16(25-15)19-21-13-6-3-5-12(18(20)24)17(13)22-19/h3,5-6,8-9,11,14H,4,7,10H2,1-2H3,(H2,20,24)(H,21,22)/t14-/m1/s1. The Hall–Kier alpha value is -2.18. The van der Waals surface area contributed by atoms with Crippen LogP contribution in [0, 0.1) is 0 Å². The van der Waals surface area contributed by atoms with Gasteiger partial charge in [-0.3, -0.25) is 9.69 Å². The van der Waals surface area contributed by atoms with Crippen molar-refractivity contribution in [2.75, 3.05) is 6.54 Å². The molecule has 1 amide bonds. The molecule has 1 aliphatic rings. The minimum atomic E-state index is -0.450. The third kappa shape index (κ3) is 2.85. The lowest BCUT2D eigenvalue weighted by Crippen LogP contribution is -2.29. The minimum absolute atomic E-state index is 0.450. The Morgan fingerprint density at radius 2 is 2.20 bits per heavy atom. The third-order valence-electron chi connectivity index (χ3n) is 4.92. The first-order valence-electron chi connectivity index (χ1n) is 8.69. The normalized spacial score (nSPS) is 18.4. The number of rotatable bonds is 4. The molecule has 0 aliphatic carbocycles. The number of amides is 1. The molecular weight excluding hydrogens is 332 g/mol. The number of carbonyl (C=O) groups excluding carboxylic acids is 1. The van der Waals surface area contributed by atoms with E-state index in [9.17, 15) is 4.79 Å². The molecule has 4 rings (SSSR count). The average molecular weight is 354 g/mol. The first-order valence-corrected chi connectivity index (χ1v) is 9.50. The molecule has 25 heavy (non-hydrogen) atoms. The van der Waals surface area contributed by atoms with E-state index in [-0.39, 0.29) is 0 Å². The molecule has 3 heterocycles. The van der Waals surface area contributed by atoms with Crippen LogP contribution in [-0.2, 0) is 0 Å². The van der Waals surface area contributed by atoms with Gasteiger partial charge in [0.2, 0.25) is 0 Å². The molecule has 5 nitrogen and oxygen atoms in total. The highest BCUT2D eigenvalue weighted by Crippen LogP contribution is 2.39. The van der Waals surface area contributed by atoms with Gasteiger partial charge in [0.1, 0.15) is 11.3 Å². The number of aromatic amines is 1. The number of hydrogen-bond acceptors (Lipinski definition) is 4. The topological polar surface area (TPSA) is 75.0 Å². The molecule has 0 saturated carbocycles. The lowest BCUT2D eigenvalue weighted by molar-refractivity contribution is 0.100. The Bertz CT molecular complexity index is 927. The van der Waals surface area contributed by atoms with E-state index in [2.05, 4.69) is 40.8 Å². The van der Waals surface area contributed by atoms with Crippen LogP contribution in [0.25, 0.3) is 21.7 Å². The lowest BCUT2D eigenvalue weighted by Gasteiger charge is -2.27. The van der Waals surface area contributed by atoms with E-state index in [1.165, 1.54) is 24.3 Å². The maximum atomic E-state index is 11.6. The van der Waals surface area contributed by atoms with Crippen molar-refractivity contribution in [1.29, 1.82) is 0 Å². The van der Waals surface area contributed by atoms with Crippen LogP contribution in [0.4, 0.5) is 0 Å². The Balaban J connectivity index is 1.70. The number of fused-ring (bicyclic) bond motifs is 1. The second-order valence-corrected chi connectivity index (χ2v) is 7.96. The van der Waals surface area contributed by atoms with Crippen LogP contribution in [0.2, 0.25) is 0 Å². The number of carbonyl (C=O) groups is 1. The maximum absolute atomic E-state index is 11.6. The largest absolute Gasteiger partial charge is 0.366 e. The van der Waals surface area contributed by atoms with Crippen LogP contribution in [0.1, 0.15) is 48.0 Å². The second kappa shape index (κ2) is 6.28. The molecule has 3 aromatic rings. The number of benzene rings is 1. The summed E-state index contributed by atoms with van der Waals surface area (Å²) in [6.07, 6.45) is 2.47. The van der Waals surface area contributed by atoms with Crippen molar-refractivity contribution in [3.05, 3.63) is 40.8 Å². The van der Waals surface area contributed by atoms with Gasteiger partial charge >= 0.3 is 0 Å². The van der Waals surface area contributed by atoms with Gasteiger partial charge in [-0.1, -0.05) is 6.07 Å². The van der Waals surface area contributed by atoms with Gasteiger partial charge in [0.25, 0.3) is 5.91 Å². The molecule has 0 radical (unpaired) electrons. The predicted octanol–water partition coefficient (Wildman–Crippen LogP) is 3.94. The van der Waals surface area contributed by atoms with Crippen molar-refractivity contribution in [2.24, 2.45) is 5.73 Å². The van der Waals surface area contributed by atoms with E-state index in [0.29, 0.717) is 23.2 Å². The second-order valence-electron chi connectivity index (χ2n) is 6.84. The molecular formula is C19H22N4OS. The third-order valence-corrected chi connectivity index (χ3v) is 6.12. The van der Waals surface area contributed by atoms with Crippen LogP contribution in [-0.4, -0.2) is 33.4 Å². The van der Waals surface area contributed by atoms with Gasteiger partial charge in [-0.15, -0.1) is 11.3 Å². The summed E-state index contributed by atoms with van der Waals surface area (Å²) in [5.41, 5.74) is 7.40. The van der Waals surface area contributed by atoms with Crippen LogP contribution in [0.3, 0.4) is 0 Å². The quantitative estimate of drug-likeness (QED) is 0.745. The summed E-state index contributed by atoms with van der Waals surface area (Å²) in [6, 6.07) is 10.9. The molecule has 0 bridgehead atoms. The maximum Gasteiger partial charge on any atom is 0.250 e. The highest BCUT2D eigenvalue weighted by Gasteiger charge is 2.29. The fourth-order valence-electron chi connectivity index (χ4n) is 3.72. The first kappa shape index (κ1) is 16.3. The van der Waals surface area contributed by atoms with E-state index in [4.69, 9.17) is 5.73 Å². The molecule has 0 spiro atoms. The number of thiophene rings is 1. The molecule has 1 saturated heterocycles. The molecule has 1 aliphatic heterocycles. The molecule has 6 heteroatoms. The molecule has 1 aromatic carbocycles. The fourth-order valence-corrected chi connectivity index (χ4v) is 4.83. The van der Waals surface area contributed by atoms with Gasteiger partial charge in [-0.05, 0) is 57.5 Å². The van der Waals surface area contributed by atoms with Crippen molar-refractivity contribution in [3.63, 3.8) is 0 Å². The van der Waals surface area contributed by atoms with Gasteiger partial charge in [-0.2, -0.15) is 0 Å². The zero-order valence-corrected chi connectivity index (χ0v) is 15.3. The fraction of sp³-hybridized carbons (Fsp3) is 0.368. The van der Waals surface area contributed by atoms with Crippen LogP contribution in [0.15, 0.2) is 30.3 Å². The van der Waals surface area contributed by atoms with Crippen LogP contribution in [0.5, 0.6) is 0 Å². The number of nitrogens with one attached hydrogen (secondary N) is 1. The van der Waals surface area contributed by atoms with E-state index in [1.54, 1.807) is 17.4 Å². The number of H-pyrrole nitrogens is 1. The number of nitrogens with zero attached hydrogens (tertiary/aromatic N) is 2. The summed E-state index contributed by atoms with van der Waals surface area (Å²) in [7, 11) is 0. The molecule has 3 N–H and O–H groups in total. The minimum Gasteiger partial charge on any atom is -0.366 e. The van der Waals surface area contributed by atoms with Crippen molar-refractivity contribution in [1.82, 2.24) is 14.9 Å². The smallest absolute Gasteiger partial charge is 0.250 e. The van der Waals surface area contributed by atoms with E-state index in [1.807, 2.05) is 12.1 Å². The number of hydrogen-bond donors (Lipinski definition) is 2. The Kier molecular flexibility index (Phi) is 4.09. The monoisotopic (exact) mass is 354 g/mol. The lowest BCUT2D eigenvalue weighted by atomic mass is 10.1. The molecule has 130 valence electrons. The zero-order valence-electron chi connectivity index (χ0n) is 14.5.